The van der Waals surface area contributed by atoms with Crippen molar-refractivity contribution in [1.82, 2.24) is 9.88 Å². The van der Waals surface area contributed by atoms with Crippen molar-refractivity contribution in [3.05, 3.63) is 75.2 Å². The molecule has 216 valence electrons. The Kier molecular flexibility index (Phi) is 7.45. The summed E-state index contributed by atoms with van der Waals surface area (Å²) < 4.78 is 30.9. The van der Waals surface area contributed by atoms with Crippen molar-refractivity contribution in [3.8, 4) is 0 Å². The molecule has 2 unspecified atom stereocenters. The lowest BCUT2D eigenvalue weighted by Gasteiger charge is -2.41. The number of nitrogens with two attached hydrogens (primary N) is 1. The highest BCUT2D eigenvalue weighted by atomic mass is 19.3. The van der Waals surface area contributed by atoms with Crippen molar-refractivity contribution in [2.75, 3.05) is 11.4 Å². The maximum Gasteiger partial charge on any atom is 0.264 e. The molecule has 2 aromatic carbocycles. The summed E-state index contributed by atoms with van der Waals surface area (Å²) in [6.07, 6.45) is 6.38. The van der Waals surface area contributed by atoms with Crippen LogP contribution in [-0.4, -0.2) is 35.5 Å². The number of benzene rings is 2. The summed E-state index contributed by atoms with van der Waals surface area (Å²) in [6, 6.07) is 12.4. The van der Waals surface area contributed by atoms with Crippen LogP contribution in [0.15, 0.2) is 52.4 Å². The zero-order chi connectivity index (χ0) is 28.8. The van der Waals surface area contributed by atoms with Gasteiger partial charge in [-0.15, -0.1) is 0 Å². The van der Waals surface area contributed by atoms with E-state index in [1.54, 1.807) is 23.9 Å². The Bertz CT molecular complexity index is 1570. The normalized spacial score (nSPS) is 24.8. The maximum absolute atomic E-state index is 14.6. The number of allylic oxidation sites excluding steroid dienone is 1. The molecule has 2 saturated heterocycles. The Morgan fingerprint density at radius 3 is 2.59 bits per heavy atom. The number of anilines is 2. The minimum Gasteiger partial charge on any atom is -0.404 e. The first kappa shape index (κ1) is 27.6. The fourth-order valence-corrected chi connectivity index (χ4v) is 7.33. The van der Waals surface area contributed by atoms with E-state index >= 15 is 0 Å². The Balaban J connectivity index is 1.37. The molecule has 3 aliphatic rings. The lowest BCUT2D eigenvalue weighted by atomic mass is 9.79. The van der Waals surface area contributed by atoms with Crippen LogP contribution in [0, 0.1) is 12.8 Å². The molecule has 0 radical (unpaired) electrons. The third kappa shape index (κ3) is 5.18. The van der Waals surface area contributed by atoms with E-state index in [9.17, 15) is 13.6 Å². The number of pyridine rings is 1. The van der Waals surface area contributed by atoms with E-state index in [2.05, 4.69) is 17.1 Å². The smallest absolute Gasteiger partial charge is 0.264 e. The van der Waals surface area contributed by atoms with Crippen LogP contribution in [0.1, 0.15) is 67.7 Å². The monoisotopic (exact) mass is 559 g/mol. The van der Waals surface area contributed by atoms with E-state index in [4.69, 9.17) is 10.7 Å². The highest BCUT2D eigenvalue weighted by Crippen LogP contribution is 2.41. The third-order valence-electron chi connectivity index (χ3n) is 9.19. The number of nitrogens with one attached hydrogen (secondary N) is 1. The van der Waals surface area contributed by atoms with Gasteiger partial charge >= 0.3 is 0 Å². The zero-order valence-corrected chi connectivity index (χ0v) is 24.0. The Morgan fingerprint density at radius 1 is 1.12 bits per heavy atom. The number of aromatic nitrogens is 1. The molecular weight excluding hydrogens is 520 g/mol. The number of alkyl halides is 2. The second kappa shape index (κ2) is 11.0. The number of halogens is 2. The molecule has 6 rings (SSSR count). The molecule has 8 heteroatoms. The SMILES string of the molecule is Cc1cc2c(N3CCCc4cc(/C(C=NC5CC6CC(C)CC(C5)N6)=C/N)c(C(F)F)cc43)cccc2n(C)c1=O. The van der Waals surface area contributed by atoms with Crippen molar-refractivity contribution >= 4 is 34.1 Å². The number of hydrogen-bond acceptors (Lipinski definition) is 5. The topological polar surface area (TPSA) is 75.7 Å². The third-order valence-corrected chi connectivity index (χ3v) is 9.19. The second-order valence-electron chi connectivity index (χ2n) is 12.2. The van der Waals surface area contributed by atoms with Crippen molar-refractivity contribution in [2.45, 2.75) is 76.9 Å². The van der Waals surface area contributed by atoms with E-state index in [0.717, 1.165) is 72.3 Å². The van der Waals surface area contributed by atoms with Crippen LogP contribution in [0.4, 0.5) is 20.2 Å². The molecule has 0 amide bonds. The van der Waals surface area contributed by atoms with Gasteiger partial charge < -0.3 is 20.5 Å². The number of aryl methyl sites for hydroxylation is 3. The molecule has 2 fully saturated rings. The molecule has 41 heavy (non-hydrogen) atoms. The van der Waals surface area contributed by atoms with Gasteiger partial charge in [0.15, 0.2) is 0 Å². The summed E-state index contributed by atoms with van der Waals surface area (Å²) in [6.45, 7) is 4.82. The van der Waals surface area contributed by atoms with Crippen LogP contribution >= 0.6 is 0 Å². The summed E-state index contributed by atoms with van der Waals surface area (Å²) in [7, 11) is 1.77. The zero-order valence-electron chi connectivity index (χ0n) is 24.0. The highest BCUT2D eigenvalue weighted by Gasteiger charge is 2.34. The maximum atomic E-state index is 14.6. The van der Waals surface area contributed by atoms with Gasteiger partial charge in [0.1, 0.15) is 0 Å². The van der Waals surface area contributed by atoms with Crippen LogP contribution in [0.25, 0.3) is 16.5 Å². The molecule has 2 atom stereocenters. The fourth-order valence-electron chi connectivity index (χ4n) is 7.33. The first-order valence-corrected chi connectivity index (χ1v) is 14.8. The van der Waals surface area contributed by atoms with Crippen molar-refractivity contribution in [2.24, 2.45) is 23.7 Å². The average Bonchev–Trinajstić information content (AvgIpc) is 2.94. The van der Waals surface area contributed by atoms with Gasteiger partial charge in [-0.05, 0) is 92.8 Å². The minimum atomic E-state index is -2.67. The predicted molar refractivity (Wildman–Crippen MR) is 163 cm³/mol. The summed E-state index contributed by atoms with van der Waals surface area (Å²) in [5.74, 6) is 0.726. The van der Waals surface area contributed by atoms with Crippen molar-refractivity contribution < 1.29 is 8.78 Å². The van der Waals surface area contributed by atoms with E-state index in [1.165, 1.54) is 6.20 Å². The molecule has 2 bridgehead atoms. The minimum absolute atomic E-state index is 0.0386. The van der Waals surface area contributed by atoms with Crippen molar-refractivity contribution in [1.29, 1.82) is 0 Å². The highest BCUT2D eigenvalue weighted by molar-refractivity contribution is 6.10. The molecule has 1 aromatic heterocycles. The molecule has 3 aromatic rings. The quantitative estimate of drug-likeness (QED) is 0.367. The summed E-state index contributed by atoms with van der Waals surface area (Å²) in [4.78, 5) is 19.6. The Hall–Kier alpha value is -3.52. The largest absolute Gasteiger partial charge is 0.404 e. The standard InChI is InChI=1S/C33H39F2N5O/c1-19-10-24-14-23(15-25(11-19)38-24)37-18-22(17-36)26-13-21-6-5-9-40(31(21)16-27(26)32(34)35)30-8-4-7-29-28(30)12-20(2)33(41)39(29)3/h4,7-8,12-13,16-19,23-25,32,38H,5-6,9-11,14-15,36H2,1-3H3/b22-17+,37-18?. The molecule has 4 heterocycles. The summed E-state index contributed by atoms with van der Waals surface area (Å²) in [5, 5.41) is 4.64. The van der Waals surface area contributed by atoms with E-state index in [0.29, 0.717) is 35.3 Å². The van der Waals surface area contributed by atoms with Crippen LogP contribution in [0.2, 0.25) is 0 Å². The molecule has 6 nitrogen and oxygen atoms in total. The van der Waals surface area contributed by atoms with Crippen LogP contribution in [0.5, 0.6) is 0 Å². The van der Waals surface area contributed by atoms with Gasteiger partial charge in [-0.1, -0.05) is 13.0 Å². The number of rotatable bonds is 5. The summed E-state index contributed by atoms with van der Waals surface area (Å²) >= 11 is 0. The Labute approximate surface area is 239 Å². The van der Waals surface area contributed by atoms with Gasteiger partial charge in [0.25, 0.3) is 12.0 Å². The van der Waals surface area contributed by atoms with Crippen LogP contribution < -0.4 is 21.5 Å². The average molecular weight is 560 g/mol. The van der Waals surface area contributed by atoms with Crippen LogP contribution in [-0.2, 0) is 13.5 Å². The lowest BCUT2D eigenvalue weighted by molar-refractivity contribution is 0.151. The number of aliphatic imine (C=N–C) groups is 1. The molecule has 0 aliphatic carbocycles. The molecular formula is C33H39F2N5O. The molecule has 0 spiro atoms. The number of nitrogens with zero attached hydrogens (tertiary/aromatic N) is 3. The Morgan fingerprint density at radius 2 is 1.88 bits per heavy atom. The van der Waals surface area contributed by atoms with Crippen LogP contribution in [0.3, 0.4) is 0 Å². The fraction of sp³-hybridized carbons (Fsp3) is 0.455. The lowest BCUT2D eigenvalue weighted by Crippen LogP contribution is -2.51. The van der Waals surface area contributed by atoms with Gasteiger partial charge in [-0.3, -0.25) is 9.79 Å². The first-order chi connectivity index (χ1) is 19.7. The number of piperidine rings is 2. The molecule has 0 saturated carbocycles. The number of hydrogen-bond donors (Lipinski definition) is 2. The van der Waals surface area contributed by atoms with Gasteiger partial charge in [0.2, 0.25) is 0 Å². The number of fused-ring (bicyclic) bond motifs is 4. The molecule has 3 aliphatic heterocycles. The molecule has 3 N–H and O–H groups in total. The predicted octanol–water partition coefficient (Wildman–Crippen LogP) is 6.16. The van der Waals surface area contributed by atoms with E-state index < -0.39 is 6.43 Å². The van der Waals surface area contributed by atoms with Crippen molar-refractivity contribution in [3.63, 3.8) is 0 Å². The van der Waals surface area contributed by atoms with Gasteiger partial charge in [0.05, 0.1) is 17.2 Å². The van der Waals surface area contributed by atoms with Gasteiger partial charge in [-0.2, -0.15) is 0 Å². The van der Waals surface area contributed by atoms with Gasteiger partial charge in [0, 0.05) is 65.9 Å². The van der Waals surface area contributed by atoms with E-state index in [-0.39, 0.29) is 17.2 Å². The summed E-state index contributed by atoms with van der Waals surface area (Å²) in [5.41, 5.74) is 11.1. The van der Waals surface area contributed by atoms with E-state index in [1.807, 2.05) is 37.3 Å². The van der Waals surface area contributed by atoms with Gasteiger partial charge in [-0.25, -0.2) is 8.78 Å². The second-order valence-corrected chi connectivity index (χ2v) is 12.2. The first-order valence-electron chi connectivity index (χ1n) is 14.8.